The third-order valence-corrected chi connectivity index (χ3v) is 5.34. The minimum absolute atomic E-state index is 0.0216. The molecule has 0 saturated heterocycles. The molecule has 0 radical (unpaired) electrons. The Bertz CT molecular complexity index is 1050. The average molecular weight is 415 g/mol. The number of nitrogens with zero attached hydrogens (tertiary/aromatic N) is 1. The Morgan fingerprint density at radius 2 is 1.79 bits per heavy atom. The van der Waals surface area contributed by atoms with Crippen LogP contribution in [0, 0.1) is 25.5 Å². The van der Waals surface area contributed by atoms with Crippen LogP contribution in [-0.4, -0.2) is 16.8 Å². The molecule has 3 aromatic rings. The molecule has 0 aliphatic heterocycles. The molecule has 2 amide bonds. The lowest BCUT2D eigenvalue weighted by atomic mass is 10.2. The van der Waals surface area contributed by atoms with Crippen LogP contribution in [0.4, 0.5) is 14.5 Å². The minimum Gasteiger partial charge on any atom is -0.347 e. The van der Waals surface area contributed by atoms with E-state index in [-0.39, 0.29) is 30.6 Å². The van der Waals surface area contributed by atoms with Gasteiger partial charge in [-0.25, -0.2) is 13.8 Å². The lowest BCUT2D eigenvalue weighted by Gasteiger charge is -2.05. The summed E-state index contributed by atoms with van der Waals surface area (Å²) in [4.78, 5) is 29.3. The number of carbonyl (C=O) groups excluding carboxylic acids is 2. The maximum atomic E-state index is 13.6. The zero-order valence-corrected chi connectivity index (χ0v) is 16.7. The Kier molecular flexibility index (Phi) is 6.33. The average Bonchev–Trinajstić information content (AvgIpc) is 3.04. The summed E-state index contributed by atoms with van der Waals surface area (Å²) in [7, 11) is 0. The third-order valence-electron chi connectivity index (χ3n) is 4.18. The monoisotopic (exact) mass is 415 g/mol. The van der Waals surface area contributed by atoms with Crippen molar-refractivity contribution < 1.29 is 18.4 Å². The third kappa shape index (κ3) is 5.45. The predicted octanol–water partition coefficient (Wildman–Crippen LogP) is 4.15. The summed E-state index contributed by atoms with van der Waals surface area (Å²) < 4.78 is 26.5. The molecule has 0 aliphatic rings. The number of rotatable bonds is 6. The van der Waals surface area contributed by atoms with Crippen molar-refractivity contribution in [2.24, 2.45) is 0 Å². The lowest BCUT2D eigenvalue weighted by Crippen LogP contribution is -2.22. The number of benzene rings is 2. The summed E-state index contributed by atoms with van der Waals surface area (Å²) in [6, 6.07) is 10.3. The number of anilines is 1. The molecule has 0 spiro atoms. The highest BCUT2D eigenvalue weighted by Gasteiger charge is 2.17. The first-order valence-electron chi connectivity index (χ1n) is 8.87. The van der Waals surface area contributed by atoms with E-state index in [9.17, 15) is 18.4 Å². The van der Waals surface area contributed by atoms with Crippen LogP contribution in [0.5, 0.6) is 0 Å². The zero-order chi connectivity index (χ0) is 21.0. The highest BCUT2D eigenvalue weighted by atomic mass is 32.1. The first-order valence-corrected chi connectivity index (χ1v) is 9.68. The highest BCUT2D eigenvalue weighted by molar-refractivity contribution is 7.13. The van der Waals surface area contributed by atoms with Crippen molar-refractivity contribution in [3.8, 4) is 0 Å². The van der Waals surface area contributed by atoms with Gasteiger partial charge in [0.05, 0.1) is 12.1 Å². The van der Waals surface area contributed by atoms with Crippen molar-refractivity contribution in [1.82, 2.24) is 10.3 Å². The van der Waals surface area contributed by atoms with Crippen molar-refractivity contribution in [2.45, 2.75) is 26.8 Å². The van der Waals surface area contributed by atoms with E-state index in [1.807, 2.05) is 0 Å². The van der Waals surface area contributed by atoms with Gasteiger partial charge in [0.2, 0.25) is 5.91 Å². The SMILES string of the molecule is Cc1ccc(NC(=O)Cc2nc(C)c(C(=O)NCc3ccc(F)cc3)s2)cc1F. The fraction of sp³-hybridized carbons (Fsp3) is 0.190. The molecule has 0 atom stereocenters. The largest absolute Gasteiger partial charge is 0.347 e. The predicted molar refractivity (Wildman–Crippen MR) is 108 cm³/mol. The van der Waals surface area contributed by atoms with Crippen molar-refractivity contribution >= 4 is 28.8 Å². The van der Waals surface area contributed by atoms with E-state index in [0.717, 1.165) is 16.9 Å². The van der Waals surface area contributed by atoms with Crippen LogP contribution in [-0.2, 0) is 17.8 Å². The fourth-order valence-electron chi connectivity index (χ4n) is 2.62. The second-order valence-corrected chi connectivity index (χ2v) is 7.60. The molecule has 1 heterocycles. The molecular formula is C21H19F2N3O2S. The smallest absolute Gasteiger partial charge is 0.263 e. The second kappa shape index (κ2) is 8.91. The van der Waals surface area contributed by atoms with Crippen LogP contribution in [0.15, 0.2) is 42.5 Å². The van der Waals surface area contributed by atoms with Crippen LogP contribution in [0.2, 0.25) is 0 Å². The van der Waals surface area contributed by atoms with Gasteiger partial charge in [-0.1, -0.05) is 18.2 Å². The van der Waals surface area contributed by atoms with Gasteiger partial charge in [0.15, 0.2) is 0 Å². The number of carbonyl (C=O) groups is 2. The molecule has 0 fully saturated rings. The number of aromatic nitrogens is 1. The summed E-state index contributed by atoms with van der Waals surface area (Å²) in [6.45, 7) is 3.59. The molecular weight excluding hydrogens is 396 g/mol. The normalized spacial score (nSPS) is 10.6. The molecule has 0 bridgehead atoms. The van der Waals surface area contributed by atoms with E-state index in [4.69, 9.17) is 0 Å². The van der Waals surface area contributed by atoms with Gasteiger partial charge < -0.3 is 10.6 Å². The zero-order valence-electron chi connectivity index (χ0n) is 15.9. The number of nitrogens with one attached hydrogen (secondary N) is 2. The van der Waals surface area contributed by atoms with Gasteiger partial charge in [0, 0.05) is 12.2 Å². The van der Waals surface area contributed by atoms with Crippen LogP contribution >= 0.6 is 11.3 Å². The minimum atomic E-state index is -0.395. The molecule has 150 valence electrons. The Labute approximate surface area is 170 Å². The highest BCUT2D eigenvalue weighted by Crippen LogP contribution is 2.20. The van der Waals surface area contributed by atoms with Gasteiger partial charge in [-0.3, -0.25) is 9.59 Å². The molecule has 3 rings (SSSR count). The molecule has 0 aliphatic carbocycles. The van der Waals surface area contributed by atoms with E-state index >= 15 is 0 Å². The Morgan fingerprint density at radius 1 is 1.07 bits per heavy atom. The first-order chi connectivity index (χ1) is 13.8. The van der Waals surface area contributed by atoms with E-state index in [1.54, 1.807) is 38.1 Å². The molecule has 0 unspecified atom stereocenters. The van der Waals surface area contributed by atoms with Crippen LogP contribution in [0.1, 0.15) is 31.5 Å². The second-order valence-electron chi connectivity index (χ2n) is 6.52. The summed E-state index contributed by atoms with van der Waals surface area (Å²) in [5, 5.41) is 5.87. The molecule has 8 heteroatoms. The molecule has 0 saturated carbocycles. The van der Waals surface area contributed by atoms with Crippen molar-refractivity contribution in [2.75, 3.05) is 5.32 Å². The Morgan fingerprint density at radius 3 is 2.48 bits per heavy atom. The van der Waals surface area contributed by atoms with Crippen molar-refractivity contribution in [1.29, 1.82) is 0 Å². The van der Waals surface area contributed by atoms with Gasteiger partial charge in [-0.15, -0.1) is 11.3 Å². The maximum absolute atomic E-state index is 13.6. The van der Waals surface area contributed by atoms with Crippen LogP contribution in [0.25, 0.3) is 0 Å². The Hall–Kier alpha value is -3.13. The van der Waals surface area contributed by atoms with Crippen LogP contribution < -0.4 is 10.6 Å². The number of amides is 2. The number of thiazole rings is 1. The fourth-order valence-corrected chi connectivity index (χ4v) is 3.60. The first kappa shape index (κ1) is 20.6. The van der Waals surface area contributed by atoms with Gasteiger partial charge in [0.25, 0.3) is 5.91 Å². The quantitative estimate of drug-likeness (QED) is 0.635. The molecule has 2 aromatic carbocycles. The van der Waals surface area contributed by atoms with Crippen molar-refractivity contribution in [3.05, 3.63) is 80.8 Å². The molecule has 29 heavy (non-hydrogen) atoms. The summed E-state index contributed by atoms with van der Waals surface area (Å²) in [6.07, 6.45) is -0.0216. The Balaban J connectivity index is 1.59. The number of aryl methyl sites for hydroxylation is 2. The van der Waals surface area contributed by atoms with Crippen molar-refractivity contribution in [3.63, 3.8) is 0 Å². The van der Waals surface area contributed by atoms with E-state index < -0.39 is 5.82 Å². The topological polar surface area (TPSA) is 71.1 Å². The van der Waals surface area contributed by atoms with E-state index in [0.29, 0.717) is 26.8 Å². The number of hydrogen-bond donors (Lipinski definition) is 2. The van der Waals surface area contributed by atoms with Gasteiger partial charge in [-0.05, 0) is 49.2 Å². The van der Waals surface area contributed by atoms with E-state index in [2.05, 4.69) is 15.6 Å². The molecule has 5 nitrogen and oxygen atoms in total. The molecule has 2 N–H and O–H groups in total. The maximum Gasteiger partial charge on any atom is 0.263 e. The molecule has 1 aromatic heterocycles. The summed E-state index contributed by atoms with van der Waals surface area (Å²) in [5.41, 5.74) is 2.15. The number of hydrogen-bond acceptors (Lipinski definition) is 4. The summed E-state index contributed by atoms with van der Waals surface area (Å²) >= 11 is 1.13. The van der Waals surface area contributed by atoms with E-state index in [1.165, 1.54) is 18.2 Å². The van der Waals surface area contributed by atoms with Gasteiger partial charge in [-0.2, -0.15) is 0 Å². The summed E-state index contributed by atoms with van der Waals surface area (Å²) in [5.74, 6) is -1.39. The van der Waals surface area contributed by atoms with Gasteiger partial charge >= 0.3 is 0 Å². The van der Waals surface area contributed by atoms with Crippen LogP contribution in [0.3, 0.4) is 0 Å². The number of halogens is 2. The lowest BCUT2D eigenvalue weighted by molar-refractivity contribution is -0.115. The van der Waals surface area contributed by atoms with Gasteiger partial charge in [0.1, 0.15) is 21.5 Å². The standard InChI is InChI=1S/C21H19F2N3O2S/c1-12-3-8-16(9-17(12)23)26-18(27)10-19-25-13(2)20(29-19)21(28)24-11-14-4-6-15(22)7-5-14/h3-9H,10-11H2,1-2H3,(H,24,28)(H,26,27).